The fraction of sp³-hybridized carbons (Fsp3) is 0.286. The van der Waals surface area contributed by atoms with Gasteiger partial charge in [-0.1, -0.05) is 41.7 Å². The number of imidazole rings is 1. The Hall–Kier alpha value is -2.16. The van der Waals surface area contributed by atoms with Gasteiger partial charge in [0.25, 0.3) is 5.91 Å². The summed E-state index contributed by atoms with van der Waals surface area (Å²) in [7, 11) is 0. The Bertz CT molecular complexity index is 1100. The van der Waals surface area contributed by atoms with Gasteiger partial charge in [-0.2, -0.15) is 0 Å². The van der Waals surface area contributed by atoms with Crippen molar-refractivity contribution in [3.8, 4) is 17.2 Å². The fourth-order valence-electron chi connectivity index (χ4n) is 3.43. The number of rotatable bonds is 5. The molecule has 1 fully saturated rings. The number of hydrazine groups is 1. The van der Waals surface area contributed by atoms with Gasteiger partial charge in [0.1, 0.15) is 11.6 Å². The van der Waals surface area contributed by atoms with E-state index >= 15 is 0 Å². The van der Waals surface area contributed by atoms with Crippen LogP contribution in [0.4, 0.5) is 0 Å². The average molecular weight is 481 g/mol. The van der Waals surface area contributed by atoms with E-state index in [4.69, 9.17) is 44.5 Å². The molecule has 0 aliphatic carbocycles. The molecule has 1 amide bonds. The first kappa shape index (κ1) is 22.0. The van der Waals surface area contributed by atoms with Crippen molar-refractivity contribution in [3.63, 3.8) is 0 Å². The van der Waals surface area contributed by atoms with Crippen molar-refractivity contribution in [2.75, 3.05) is 26.3 Å². The van der Waals surface area contributed by atoms with Crippen LogP contribution in [0.3, 0.4) is 0 Å². The number of amides is 1. The molecule has 2 aromatic heterocycles. The van der Waals surface area contributed by atoms with Gasteiger partial charge in [-0.25, -0.2) is 15.0 Å². The molecule has 1 aliphatic heterocycles. The maximum Gasteiger partial charge on any atom is 0.286 e. The number of hydrogen-bond acceptors (Lipinski definition) is 5. The van der Waals surface area contributed by atoms with Crippen LogP contribution in [0, 0.1) is 0 Å². The van der Waals surface area contributed by atoms with E-state index in [2.05, 4.69) is 10.4 Å². The van der Waals surface area contributed by atoms with Crippen LogP contribution in [0.15, 0.2) is 36.5 Å². The first-order valence-corrected chi connectivity index (χ1v) is 10.9. The second kappa shape index (κ2) is 9.54. The van der Waals surface area contributed by atoms with Gasteiger partial charge in [-0.05, 0) is 36.8 Å². The zero-order valence-electron chi connectivity index (χ0n) is 16.7. The minimum atomic E-state index is -0.294. The first-order chi connectivity index (χ1) is 15.0. The normalized spacial score (nSPS) is 14.6. The van der Waals surface area contributed by atoms with Gasteiger partial charge in [0.2, 0.25) is 0 Å². The summed E-state index contributed by atoms with van der Waals surface area (Å²) in [6.07, 6.45) is 2.10. The molecule has 0 atom stereocenters. The largest absolute Gasteiger partial charge is 0.379 e. The second-order valence-electron chi connectivity index (χ2n) is 6.92. The Kier molecular flexibility index (Phi) is 6.79. The average Bonchev–Trinajstić information content (AvgIpc) is 3.14. The van der Waals surface area contributed by atoms with Crippen molar-refractivity contribution >= 4 is 40.7 Å². The summed E-state index contributed by atoms with van der Waals surface area (Å²) in [5, 5.41) is 3.28. The van der Waals surface area contributed by atoms with E-state index in [1.165, 1.54) is 0 Å². The highest BCUT2D eigenvalue weighted by molar-refractivity contribution is 6.36. The topological polar surface area (TPSA) is 72.3 Å². The smallest absolute Gasteiger partial charge is 0.286 e. The predicted molar refractivity (Wildman–Crippen MR) is 121 cm³/mol. The molecule has 1 N–H and O–H groups in total. The highest BCUT2D eigenvalue weighted by Gasteiger charge is 2.26. The number of nitrogens with one attached hydrogen (secondary N) is 1. The molecule has 1 aromatic carbocycles. The molecule has 0 spiro atoms. The molecule has 0 saturated carbocycles. The Morgan fingerprint density at radius 2 is 1.87 bits per heavy atom. The summed E-state index contributed by atoms with van der Waals surface area (Å²) in [4.78, 5) is 22.3. The van der Waals surface area contributed by atoms with Crippen LogP contribution in [0.1, 0.15) is 23.1 Å². The van der Waals surface area contributed by atoms with E-state index in [-0.39, 0.29) is 5.91 Å². The van der Waals surface area contributed by atoms with Crippen LogP contribution in [0.2, 0.25) is 15.1 Å². The van der Waals surface area contributed by atoms with Gasteiger partial charge < -0.3 is 4.74 Å². The van der Waals surface area contributed by atoms with Crippen molar-refractivity contribution < 1.29 is 9.53 Å². The SMILES string of the molecule is CCc1c(C(=O)NN2CCOCC2)nc(-c2ccc(Cl)cc2Cl)n1-c1ccc(Cl)cn1. The highest BCUT2D eigenvalue weighted by Crippen LogP contribution is 2.33. The van der Waals surface area contributed by atoms with E-state index in [0.29, 0.717) is 76.4 Å². The molecule has 1 saturated heterocycles. The minimum absolute atomic E-state index is 0.294. The van der Waals surface area contributed by atoms with Crippen molar-refractivity contribution in [3.05, 3.63) is 63.0 Å². The molecule has 162 valence electrons. The number of halogens is 3. The number of ether oxygens (including phenoxy) is 1. The molecule has 0 bridgehead atoms. The van der Waals surface area contributed by atoms with Crippen molar-refractivity contribution in [2.45, 2.75) is 13.3 Å². The Morgan fingerprint density at radius 3 is 2.52 bits per heavy atom. The van der Waals surface area contributed by atoms with Crippen LogP contribution in [-0.2, 0) is 11.2 Å². The van der Waals surface area contributed by atoms with Crippen molar-refractivity contribution in [1.29, 1.82) is 0 Å². The number of benzene rings is 1. The number of carbonyl (C=O) groups excluding carboxylic acids is 1. The summed E-state index contributed by atoms with van der Waals surface area (Å²) in [5.41, 5.74) is 4.59. The number of nitrogens with zero attached hydrogens (tertiary/aromatic N) is 4. The molecular weight excluding hydrogens is 461 g/mol. The Balaban J connectivity index is 1.84. The number of morpholine rings is 1. The molecule has 7 nitrogen and oxygen atoms in total. The highest BCUT2D eigenvalue weighted by atomic mass is 35.5. The van der Waals surface area contributed by atoms with E-state index in [0.717, 1.165) is 0 Å². The van der Waals surface area contributed by atoms with Crippen LogP contribution >= 0.6 is 34.8 Å². The maximum atomic E-state index is 13.1. The van der Waals surface area contributed by atoms with Crippen molar-refractivity contribution in [1.82, 2.24) is 25.0 Å². The second-order valence-corrected chi connectivity index (χ2v) is 8.20. The first-order valence-electron chi connectivity index (χ1n) is 9.80. The number of carbonyl (C=O) groups is 1. The summed E-state index contributed by atoms with van der Waals surface area (Å²) in [6.45, 7) is 4.32. The lowest BCUT2D eigenvalue weighted by Gasteiger charge is -2.26. The van der Waals surface area contributed by atoms with Gasteiger partial charge in [-0.3, -0.25) is 14.8 Å². The lowest BCUT2D eigenvalue weighted by atomic mass is 10.2. The zero-order chi connectivity index (χ0) is 22.0. The molecule has 0 unspecified atom stereocenters. The quantitative estimate of drug-likeness (QED) is 0.585. The van der Waals surface area contributed by atoms with Gasteiger partial charge in [0.15, 0.2) is 5.69 Å². The van der Waals surface area contributed by atoms with Crippen LogP contribution in [0.5, 0.6) is 0 Å². The van der Waals surface area contributed by atoms with Crippen LogP contribution in [-0.4, -0.2) is 51.8 Å². The lowest BCUT2D eigenvalue weighted by Crippen LogP contribution is -2.48. The van der Waals surface area contributed by atoms with Crippen LogP contribution in [0.25, 0.3) is 17.2 Å². The predicted octanol–water partition coefficient (Wildman–Crippen LogP) is 4.43. The minimum Gasteiger partial charge on any atom is -0.379 e. The number of aromatic nitrogens is 3. The summed E-state index contributed by atoms with van der Waals surface area (Å²) < 4.78 is 7.18. The maximum absolute atomic E-state index is 13.1. The van der Waals surface area contributed by atoms with E-state index in [1.54, 1.807) is 36.5 Å². The Morgan fingerprint density at radius 1 is 1.13 bits per heavy atom. The molecule has 0 radical (unpaired) electrons. The third-order valence-electron chi connectivity index (χ3n) is 4.91. The third kappa shape index (κ3) is 4.71. The fourth-order valence-corrected chi connectivity index (χ4v) is 4.04. The monoisotopic (exact) mass is 479 g/mol. The van der Waals surface area contributed by atoms with Gasteiger partial charge in [-0.15, -0.1) is 0 Å². The lowest BCUT2D eigenvalue weighted by molar-refractivity contribution is 0.0124. The van der Waals surface area contributed by atoms with Crippen LogP contribution < -0.4 is 5.43 Å². The Labute approximate surface area is 194 Å². The summed E-state index contributed by atoms with van der Waals surface area (Å²) >= 11 is 18.6. The van der Waals surface area contributed by atoms with Gasteiger partial charge >= 0.3 is 0 Å². The standard InChI is InChI=1S/C21H20Cl3N5O2/c1-2-17-19(21(30)27-28-7-9-31-10-8-28)26-20(15-5-3-13(22)11-16(15)24)29(17)18-6-4-14(23)12-25-18/h3-6,11-12H,2,7-10H2,1H3,(H,27,30). The van der Waals surface area contributed by atoms with Gasteiger partial charge in [0.05, 0.1) is 29.0 Å². The molecular formula is C21H20Cl3N5O2. The van der Waals surface area contributed by atoms with E-state index < -0.39 is 0 Å². The van der Waals surface area contributed by atoms with Crippen molar-refractivity contribution in [2.24, 2.45) is 0 Å². The number of hydrogen-bond donors (Lipinski definition) is 1. The van der Waals surface area contributed by atoms with E-state index in [9.17, 15) is 4.79 Å². The van der Waals surface area contributed by atoms with Gasteiger partial charge in [0, 0.05) is 29.9 Å². The third-order valence-corrected chi connectivity index (χ3v) is 5.68. The molecule has 10 heteroatoms. The molecule has 4 rings (SSSR count). The molecule has 3 heterocycles. The number of pyridine rings is 1. The molecule has 1 aliphatic rings. The summed E-state index contributed by atoms with van der Waals surface area (Å²) in [6, 6.07) is 8.68. The van der Waals surface area contributed by atoms with E-state index in [1.807, 2.05) is 16.5 Å². The zero-order valence-corrected chi connectivity index (χ0v) is 19.0. The molecule has 3 aromatic rings. The summed E-state index contributed by atoms with van der Waals surface area (Å²) in [5.74, 6) is 0.790. The molecule has 31 heavy (non-hydrogen) atoms.